The van der Waals surface area contributed by atoms with E-state index in [1.165, 1.54) is 0 Å². The average Bonchev–Trinajstić information content (AvgIpc) is 2.50. The fourth-order valence-electron chi connectivity index (χ4n) is 2.97. The number of aliphatic hydroxyl groups is 1. The monoisotopic (exact) mass is 303 g/mol. The number of piperidine rings is 1. The molecule has 1 aromatic heterocycles. The zero-order valence-corrected chi connectivity index (χ0v) is 12.9. The molecule has 5 nitrogen and oxygen atoms in total. The van der Waals surface area contributed by atoms with Crippen molar-refractivity contribution < 1.29 is 14.3 Å². The van der Waals surface area contributed by atoms with Crippen molar-refractivity contribution in [1.29, 1.82) is 0 Å². The fraction of sp³-hybridized carbons (Fsp3) is 0.471. The minimum absolute atomic E-state index is 0.305. The third kappa shape index (κ3) is 3.00. The molecule has 3 rings (SSSR count). The number of fused-ring (bicyclic) bond motifs is 1. The van der Waals surface area contributed by atoms with Crippen LogP contribution in [0, 0.1) is 5.92 Å². The molecule has 2 heterocycles. The van der Waals surface area contributed by atoms with Crippen molar-refractivity contribution in [3.05, 3.63) is 40.2 Å². The summed E-state index contributed by atoms with van der Waals surface area (Å²) in [5, 5.41) is 10.9. The molecule has 0 bridgehead atoms. The van der Waals surface area contributed by atoms with Gasteiger partial charge >= 0.3 is 5.63 Å². The third-order valence-electron chi connectivity index (χ3n) is 4.43. The van der Waals surface area contributed by atoms with Crippen molar-refractivity contribution in [1.82, 2.24) is 4.90 Å². The summed E-state index contributed by atoms with van der Waals surface area (Å²) in [6.07, 6.45) is 0.661. The molecule has 1 fully saturated rings. The highest BCUT2D eigenvalue weighted by Crippen LogP contribution is 2.25. The lowest BCUT2D eigenvalue weighted by atomic mass is 9.95. The second-order valence-corrected chi connectivity index (χ2v) is 6.02. The third-order valence-corrected chi connectivity index (χ3v) is 4.43. The highest BCUT2D eigenvalue weighted by atomic mass is 16.5. The minimum Gasteiger partial charge on any atom is -0.497 e. The van der Waals surface area contributed by atoms with E-state index >= 15 is 0 Å². The number of hydrogen-bond acceptors (Lipinski definition) is 5. The Labute approximate surface area is 129 Å². The molecule has 1 aliphatic heterocycles. The molecule has 0 radical (unpaired) electrons. The second kappa shape index (κ2) is 6.10. The topological polar surface area (TPSA) is 62.9 Å². The Morgan fingerprint density at radius 3 is 2.95 bits per heavy atom. The number of likely N-dealkylation sites (tertiary alicyclic amines) is 1. The van der Waals surface area contributed by atoms with Gasteiger partial charge in [0.25, 0.3) is 0 Å². The molecule has 0 spiro atoms. The molecule has 2 atom stereocenters. The predicted octanol–water partition coefficient (Wildman–Crippen LogP) is 2.00. The van der Waals surface area contributed by atoms with Crippen molar-refractivity contribution in [2.75, 3.05) is 20.2 Å². The summed E-state index contributed by atoms with van der Waals surface area (Å²) in [6.45, 7) is 4.27. The molecule has 1 N–H and O–H groups in total. The molecule has 22 heavy (non-hydrogen) atoms. The highest BCUT2D eigenvalue weighted by Gasteiger charge is 2.24. The number of β-amino-alcohol motifs (C(OH)–C–C–N with tert-alkyl or cyclic N) is 1. The highest BCUT2D eigenvalue weighted by molar-refractivity contribution is 5.81. The molecule has 0 aliphatic carbocycles. The molecular formula is C17H21NO4. The zero-order valence-electron chi connectivity index (χ0n) is 12.9. The van der Waals surface area contributed by atoms with Gasteiger partial charge in [-0.25, -0.2) is 4.79 Å². The van der Waals surface area contributed by atoms with Gasteiger partial charge in [-0.1, -0.05) is 6.92 Å². The van der Waals surface area contributed by atoms with Crippen molar-refractivity contribution >= 4 is 11.0 Å². The first-order valence-corrected chi connectivity index (χ1v) is 7.58. The van der Waals surface area contributed by atoms with E-state index < -0.39 is 0 Å². The quantitative estimate of drug-likeness (QED) is 0.879. The van der Waals surface area contributed by atoms with E-state index in [1.807, 2.05) is 12.1 Å². The zero-order chi connectivity index (χ0) is 15.7. The van der Waals surface area contributed by atoms with Crippen LogP contribution >= 0.6 is 0 Å². The van der Waals surface area contributed by atoms with E-state index in [0.717, 1.165) is 23.9 Å². The summed E-state index contributed by atoms with van der Waals surface area (Å²) in [6, 6.07) is 7.04. The Bertz CT molecular complexity index is 724. The van der Waals surface area contributed by atoms with Crippen LogP contribution in [-0.4, -0.2) is 36.3 Å². The molecule has 1 aliphatic rings. The number of methoxy groups -OCH3 is 1. The van der Waals surface area contributed by atoms with Gasteiger partial charge in [0.05, 0.1) is 13.2 Å². The number of rotatable bonds is 3. The Kier molecular flexibility index (Phi) is 4.18. The normalized spacial score (nSPS) is 22.9. The van der Waals surface area contributed by atoms with Crippen molar-refractivity contribution in [3.63, 3.8) is 0 Å². The molecule has 1 saturated heterocycles. The van der Waals surface area contributed by atoms with Gasteiger partial charge < -0.3 is 14.3 Å². The molecule has 0 saturated carbocycles. The largest absolute Gasteiger partial charge is 0.497 e. The van der Waals surface area contributed by atoms with E-state index in [1.54, 1.807) is 19.2 Å². The summed E-state index contributed by atoms with van der Waals surface area (Å²) in [5.74, 6) is 0.994. The Morgan fingerprint density at radius 1 is 1.41 bits per heavy atom. The van der Waals surface area contributed by atoms with Crippen LogP contribution < -0.4 is 10.4 Å². The average molecular weight is 303 g/mol. The minimum atomic E-state index is -0.360. The molecular weight excluding hydrogens is 282 g/mol. The summed E-state index contributed by atoms with van der Waals surface area (Å²) in [4.78, 5) is 14.0. The van der Waals surface area contributed by atoms with Crippen LogP contribution in [-0.2, 0) is 6.54 Å². The first kappa shape index (κ1) is 15.1. The summed E-state index contributed by atoms with van der Waals surface area (Å²) in [7, 11) is 1.58. The summed E-state index contributed by atoms with van der Waals surface area (Å²) < 4.78 is 10.4. The molecule has 1 aromatic carbocycles. The second-order valence-electron chi connectivity index (χ2n) is 6.02. The van der Waals surface area contributed by atoms with Crippen LogP contribution in [0.15, 0.2) is 33.5 Å². The van der Waals surface area contributed by atoms with Crippen LogP contribution in [0.2, 0.25) is 0 Å². The Hall–Kier alpha value is -1.85. The van der Waals surface area contributed by atoms with Crippen LogP contribution in [0.4, 0.5) is 0 Å². The lowest BCUT2D eigenvalue weighted by Crippen LogP contribution is -2.42. The predicted molar refractivity (Wildman–Crippen MR) is 84.1 cm³/mol. The van der Waals surface area contributed by atoms with Crippen molar-refractivity contribution in [2.24, 2.45) is 5.92 Å². The number of aliphatic hydroxyl groups excluding tert-OH is 1. The first-order valence-electron chi connectivity index (χ1n) is 7.58. The maximum absolute atomic E-state index is 11.8. The van der Waals surface area contributed by atoms with Crippen molar-refractivity contribution in [2.45, 2.75) is 26.0 Å². The standard InChI is InChI=1S/C17H21NO4/c1-11-5-6-18(10-15(11)19)9-12-7-17(20)22-16-8-13(21-2)3-4-14(12)16/h3-4,7-8,11,15,19H,5-6,9-10H2,1-2H3. The smallest absolute Gasteiger partial charge is 0.336 e. The van der Waals surface area contributed by atoms with Gasteiger partial charge in [0.2, 0.25) is 0 Å². The van der Waals surface area contributed by atoms with E-state index in [9.17, 15) is 9.90 Å². The van der Waals surface area contributed by atoms with Crippen LogP contribution in [0.25, 0.3) is 11.0 Å². The maximum atomic E-state index is 11.8. The van der Waals surface area contributed by atoms with Crippen LogP contribution in [0.3, 0.4) is 0 Å². The number of nitrogens with zero attached hydrogens (tertiary/aromatic N) is 1. The van der Waals surface area contributed by atoms with E-state index in [-0.39, 0.29) is 11.7 Å². The van der Waals surface area contributed by atoms with Gasteiger partial charge in [0.1, 0.15) is 11.3 Å². The Balaban J connectivity index is 1.91. The lowest BCUT2D eigenvalue weighted by molar-refractivity contribution is 0.0260. The summed E-state index contributed by atoms with van der Waals surface area (Å²) in [5.41, 5.74) is 1.10. The van der Waals surface area contributed by atoms with Gasteiger partial charge in [-0.3, -0.25) is 4.90 Å². The fourth-order valence-corrected chi connectivity index (χ4v) is 2.97. The summed E-state index contributed by atoms with van der Waals surface area (Å²) >= 11 is 0. The van der Waals surface area contributed by atoms with Gasteiger partial charge in [-0.15, -0.1) is 0 Å². The van der Waals surface area contributed by atoms with Crippen LogP contribution in [0.1, 0.15) is 18.9 Å². The van der Waals surface area contributed by atoms with Crippen LogP contribution in [0.5, 0.6) is 5.75 Å². The molecule has 5 heteroatoms. The van der Waals surface area contributed by atoms with Gasteiger partial charge in [-0.2, -0.15) is 0 Å². The molecule has 118 valence electrons. The van der Waals surface area contributed by atoms with E-state index in [0.29, 0.717) is 30.3 Å². The molecule has 0 amide bonds. The lowest BCUT2D eigenvalue weighted by Gasteiger charge is -2.34. The maximum Gasteiger partial charge on any atom is 0.336 e. The van der Waals surface area contributed by atoms with E-state index in [4.69, 9.17) is 9.15 Å². The van der Waals surface area contributed by atoms with Crippen molar-refractivity contribution in [3.8, 4) is 5.75 Å². The van der Waals surface area contributed by atoms with Gasteiger partial charge in [-0.05, 0) is 36.6 Å². The van der Waals surface area contributed by atoms with Gasteiger partial charge in [0, 0.05) is 30.6 Å². The Morgan fingerprint density at radius 2 is 2.23 bits per heavy atom. The van der Waals surface area contributed by atoms with E-state index in [2.05, 4.69) is 11.8 Å². The molecule has 2 unspecified atom stereocenters. The first-order chi connectivity index (χ1) is 10.6. The molecule has 2 aromatic rings. The van der Waals surface area contributed by atoms with Gasteiger partial charge in [0.15, 0.2) is 0 Å². The SMILES string of the molecule is COc1ccc2c(CN3CCC(C)C(O)C3)cc(=O)oc2c1. The number of benzene rings is 1. The number of hydrogen-bond donors (Lipinski definition) is 1. The number of ether oxygens (including phenoxy) is 1.